The first kappa shape index (κ1) is 21.7. The lowest BCUT2D eigenvalue weighted by molar-refractivity contribution is 0.369. The van der Waals surface area contributed by atoms with E-state index in [1.54, 1.807) is 6.07 Å². The maximum atomic E-state index is 10.1. The summed E-state index contributed by atoms with van der Waals surface area (Å²) in [5, 5.41) is 18.0. The van der Waals surface area contributed by atoms with Crippen LogP contribution >= 0.6 is 0 Å². The van der Waals surface area contributed by atoms with Crippen molar-refractivity contribution in [2.45, 2.75) is 27.3 Å². The molecule has 0 atom stereocenters. The van der Waals surface area contributed by atoms with E-state index in [1.165, 1.54) is 0 Å². The quantitative estimate of drug-likeness (QED) is 0.476. The number of para-hydroxylation sites is 2. The molecule has 1 saturated heterocycles. The number of guanidine groups is 1. The molecule has 0 saturated carbocycles. The molecule has 3 aromatic rings. The molecule has 168 valence electrons. The van der Waals surface area contributed by atoms with Crippen LogP contribution < -0.4 is 10.2 Å². The maximum Gasteiger partial charge on any atom is 0.194 e. The highest BCUT2D eigenvalue weighted by molar-refractivity contribution is 5.80. The molecule has 0 aliphatic carbocycles. The maximum absolute atomic E-state index is 10.1. The van der Waals surface area contributed by atoms with Crippen LogP contribution in [0.1, 0.15) is 23.9 Å². The summed E-state index contributed by atoms with van der Waals surface area (Å²) in [4.78, 5) is 13.9. The molecule has 0 unspecified atom stereocenters. The number of rotatable bonds is 5. The fraction of sp³-hybridized carbons (Fsp3) is 0.375. The van der Waals surface area contributed by atoms with E-state index in [9.17, 15) is 5.11 Å². The molecule has 32 heavy (non-hydrogen) atoms. The monoisotopic (exact) mass is 433 g/mol. The predicted molar refractivity (Wildman–Crippen MR) is 128 cm³/mol. The van der Waals surface area contributed by atoms with Gasteiger partial charge in [-0.3, -0.25) is 0 Å². The molecule has 8 nitrogen and oxygen atoms in total. The second-order valence-electron chi connectivity index (χ2n) is 8.00. The second-order valence-corrected chi connectivity index (χ2v) is 8.00. The SMILES string of the molecule is CCNC(=NCc1ccc(-n2nc(C)cc2C)nc1)N1CCN(c2ccccc2O)CC1. The Morgan fingerprint density at radius 3 is 2.50 bits per heavy atom. The number of nitrogens with zero attached hydrogens (tertiary/aromatic N) is 6. The first-order chi connectivity index (χ1) is 15.5. The molecule has 2 aromatic heterocycles. The number of benzene rings is 1. The Labute approximate surface area is 189 Å². The van der Waals surface area contributed by atoms with Gasteiger partial charge in [-0.15, -0.1) is 0 Å². The van der Waals surface area contributed by atoms with Gasteiger partial charge >= 0.3 is 0 Å². The number of aliphatic imine (C=N–C) groups is 1. The van der Waals surface area contributed by atoms with Crippen LogP contribution in [-0.2, 0) is 6.54 Å². The molecule has 8 heteroatoms. The summed E-state index contributed by atoms with van der Waals surface area (Å²) in [6, 6.07) is 13.6. The molecule has 0 radical (unpaired) electrons. The Morgan fingerprint density at radius 1 is 1.09 bits per heavy atom. The topological polar surface area (TPSA) is 81.8 Å². The van der Waals surface area contributed by atoms with Crippen LogP contribution in [0.15, 0.2) is 53.7 Å². The van der Waals surface area contributed by atoms with E-state index >= 15 is 0 Å². The molecule has 1 aliphatic heterocycles. The number of phenolic OH excluding ortho intramolecular Hbond substituents is 1. The molecule has 1 fully saturated rings. The number of anilines is 1. The smallest absolute Gasteiger partial charge is 0.194 e. The van der Waals surface area contributed by atoms with Crippen molar-refractivity contribution in [1.82, 2.24) is 25.0 Å². The van der Waals surface area contributed by atoms with Gasteiger partial charge < -0.3 is 20.2 Å². The summed E-state index contributed by atoms with van der Waals surface area (Å²) in [7, 11) is 0. The van der Waals surface area contributed by atoms with Gasteiger partial charge in [-0.05, 0) is 50.6 Å². The highest BCUT2D eigenvalue weighted by Gasteiger charge is 2.21. The molecular formula is C24H31N7O. The highest BCUT2D eigenvalue weighted by atomic mass is 16.3. The lowest BCUT2D eigenvalue weighted by atomic mass is 10.2. The van der Waals surface area contributed by atoms with Gasteiger partial charge in [-0.1, -0.05) is 18.2 Å². The van der Waals surface area contributed by atoms with Crippen molar-refractivity contribution in [2.24, 2.45) is 4.99 Å². The predicted octanol–water partition coefficient (Wildman–Crippen LogP) is 2.88. The van der Waals surface area contributed by atoms with Gasteiger partial charge in [0.2, 0.25) is 0 Å². The number of nitrogens with one attached hydrogen (secondary N) is 1. The van der Waals surface area contributed by atoms with Crippen molar-refractivity contribution in [3.05, 3.63) is 65.6 Å². The number of aryl methyl sites for hydroxylation is 2. The van der Waals surface area contributed by atoms with Crippen LogP contribution in [0.25, 0.3) is 5.82 Å². The fourth-order valence-corrected chi connectivity index (χ4v) is 3.98. The fourth-order valence-electron chi connectivity index (χ4n) is 3.98. The number of aromatic nitrogens is 3. The van der Waals surface area contributed by atoms with Crippen LogP contribution in [0.2, 0.25) is 0 Å². The van der Waals surface area contributed by atoms with Gasteiger partial charge in [0.25, 0.3) is 0 Å². The molecule has 0 bridgehead atoms. The zero-order chi connectivity index (χ0) is 22.5. The van der Waals surface area contributed by atoms with Gasteiger partial charge in [-0.2, -0.15) is 5.10 Å². The first-order valence-corrected chi connectivity index (χ1v) is 11.1. The van der Waals surface area contributed by atoms with Gasteiger partial charge in [-0.25, -0.2) is 14.7 Å². The third-order valence-electron chi connectivity index (χ3n) is 5.58. The first-order valence-electron chi connectivity index (χ1n) is 11.1. The number of pyridine rings is 1. The number of aromatic hydroxyl groups is 1. The summed E-state index contributed by atoms with van der Waals surface area (Å²) < 4.78 is 1.86. The molecule has 1 aromatic carbocycles. The number of piperazine rings is 1. The lowest BCUT2D eigenvalue weighted by Crippen LogP contribution is -2.52. The number of hydrogen-bond donors (Lipinski definition) is 2. The van der Waals surface area contributed by atoms with Crippen molar-refractivity contribution >= 4 is 11.6 Å². The Hall–Kier alpha value is -3.55. The molecule has 0 amide bonds. The molecule has 4 rings (SSSR count). The van der Waals surface area contributed by atoms with Crippen LogP contribution in [-0.4, -0.2) is 63.5 Å². The van der Waals surface area contributed by atoms with E-state index in [4.69, 9.17) is 4.99 Å². The minimum Gasteiger partial charge on any atom is -0.506 e. The number of hydrogen-bond acceptors (Lipinski definition) is 5. The van der Waals surface area contributed by atoms with E-state index < -0.39 is 0 Å². The average molecular weight is 434 g/mol. The van der Waals surface area contributed by atoms with Crippen molar-refractivity contribution in [3.63, 3.8) is 0 Å². The van der Waals surface area contributed by atoms with Crippen molar-refractivity contribution in [3.8, 4) is 11.6 Å². The summed E-state index contributed by atoms with van der Waals surface area (Å²) in [6.45, 7) is 10.8. The van der Waals surface area contributed by atoms with Gasteiger partial charge in [0.05, 0.1) is 17.9 Å². The van der Waals surface area contributed by atoms with Crippen molar-refractivity contribution in [2.75, 3.05) is 37.6 Å². The van der Waals surface area contributed by atoms with Crippen LogP contribution in [0, 0.1) is 13.8 Å². The normalized spacial score (nSPS) is 14.7. The van der Waals surface area contributed by atoms with Crippen LogP contribution in [0.5, 0.6) is 5.75 Å². The van der Waals surface area contributed by atoms with Crippen LogP contribution in [0.4, 0.5) is 5.69 Å². The largest absolute Gasteiger partial charge is 0.506 e. The number of phenols is 1. The average Bonchev–Trinajstić information content (AvgIpc) is 3.15. The third-order valence-corrected chi connectivity index (χ3v) is 5.58. The minimum atomic E-state index is 0.331. The lowest BCUT2D eigenvalue weighted by Gasteiger charge is -2.37. The summed E-state index contributed by atoms with van der Waals surface area (Å²) >= 11 is 0. The molecule has 1 aliphatic rings. The Morgan fingerprint density at radius 2 is 1.88 bits per heavy atom. The minimum absolute atomic E-state index is 0.331. The Balaban J connectivity index is 1.40. The molecular weight excluding hydrogens is 402 g/mol. The zero-order valence-electron chi connectivity index (χ0n) is 19.0. The second kappa shape index (κ2) is 9.72. The zero-order valence-corrected chi connectivity index (χ0v) is 19.0. The van der Waals surface area contributed by atoms with E-state index in [2.05, 4.69) is 38.2 Å². The van der Waals surface area contributed by atoms with Gasteiger partial charge in [0.15, 0.2) is 11.8 Å². The van der Waals surface area contributed by atoms with E-state index in [-0.39, 0.29) is 0 Å². The Kier molecular flexibility index (Phi) is 6.58. The van der Waals surface area contributed by atoms with E-state index in [1.807, 2.05) is 55.1 Å². The van der Waals surface area contributed by atoms with Crippen molar-refractivity contribution in [1.29, 1.82) is 0 Å². The molecule has 2 N–H and O–H groups in total. The van der Waals surface area contributed by atoms with Crippen molar-refractivity contribution < 1.29 is 5.11 Å². The molecule has 0 spiro atoms. The standard InChI is InChI=1S/C24H31N7O/c1-4-25-24(30-13-11-29(12-14-30)21-7-5-6-8-22(21)32)27-17-20-9-10-23(26-16-20)31-19(3)15-18(2)28-31/h5-10,15-16,32H,4,11-14,17H2,1-3H3,(H,25,27). The molecule has 3 heterocycles. The van der Waals surface area contributed by atoms with Gasteiger partial charge in [0.1, 0.15) is 5.75 Å². The third kappa shape index (κ3) is 4.85. The van der Waals surface area contributed by atoms with E-state index in [0.717, 1.165) is 67.1 Å². The van der Waals surface area contributed by atoms with Crippen LogP contribution in [0.3, 0.4) is 0 Å². The Bertz CT molecular complexity index is 1070. The summed E-state index contributed by atoms with van der Waals surface area (Å²) in [6.07, 6.45) is 1.87. The summed E-state index contributed by atoms with van der Waals surface area (Å²) in [5.74, 6) is 2.06. The summed E-state index contributed by atoms with van der Waals surface area (Å²) in [5.41, 5.74) is 4.00. The van der Waals surface area contributed by atoms with Gasteiger partial charge in [0, 0.05) is 44.6 Å². The van der Waals surface area contributed by atoms with E-state index in [0.29, 0.717) is 12.3 Å². The highest BCUT2D eigenvalue weighted by Crippen LogP contribution is 2.27.